The Balaban J connectivity index is 1.97. The summed E-state index contributed by atoms with van der Waals surface area (Å²) in [6.45, 7) is 4.99. The molecular formula is C14H20O2. The molecule has 2 rings (SSSR count). The second-order valence-corrected chi connectivity index (χ2v) is 4.69. The van der Waals surface area contributed by atoms with Crippen molar-refractivity contribution in [1.82, 2.24) is 0 Å². The van der Waals surface area contributed by atoms with Gasteiger partial charge in [0.05, 0.1) is 12.7 Å². The van der Waals surface area contributed by atoms with Gasteiger partial charge in [-0.05, 0) is 42.4 Å². The molecule has 1 saturated carbocycles. The van der Waals surface area contributed by atoms with E-state index in [1.54, 1.807) is 0 Å². The lowest BCUT2D eigenvalue weighted by atomic mass is 9.69. The molecule has 16 heavy (non-hydrogen) atoms. The Morgan fingerprint density at radius 2 is 2.00 bits per heavy atom. The third-order valence-electron chi connectivity index (χ3n) is 3.52. The molecule has 1 aliphatic carbocycles. The van der Waals surface area contributed by atoms with Gasteiger partial charge in [0, 0.05) is 0 Å². The Morgan fingerprint density at radius 3 is 2.50 bits per heavy atom. The average molecular weight is 220 g/mol. The molecule has 3 unspecified atom stereocenters. The summed E-state index contributed by atoms with van der Waals surface area (Å²) in [4.78, 5) is 0. The zero-order valence-electron chi connectivity index (χ0n) is 10.0. The molecule has 3 atom stereocenters. The molecule has 0 saturated heterocycles. The summed E-state index contributed by atoms with van der Waals surface area (Å²) in [5.41, 5.74) is 1.32. The van der Waals surface area contributed by atoms with Gasteiger partial charge in [0.25, 0.3) is 0 Å². The van der Waals surface area contributed by atoms with Crippen LogP contribution in [0.15, 0.2) is 24.3 Å². The third kappa shape index (κ3) is 2.22. The monoisotopic (exact) mass is 220 g/mol. The smallest absolute Gasteiger partial charge is 0.119 e. The fraction of sp³-hybridized carbons (Fsp3) is 0.571. The molecule has 1 aromatic rings. The second kappa shape index (κ2) is 4.88. The quantitative estimate of drug-likeness (QED) is 0.845. The van der Waals surface area contributed by atoms with Gasteiger partial charge in [0.1, 0.15) is 5.75 Å². The van der Waals surface area contributed by atoms with Gasteiger partial charge < -0.3 is 9.84 Å². The first kappa shape index (κ1) is 11.5. The topological polar surface area (TPSA) is 29.5 Å². The molecule has 1 N–H and O–H groups in total. The van der Waals surface area contributed by atoms with E-state index in [1.807, 2.05) is 12.1 Å². The Labute approximate surface area is 97.3 Å². The maximum Gasteiger partial charge on any atom is 0.119 e. The van der Waals surface area contributed by atoms with Crippen molar-refractivity contribution in [3.8, 4) is 5.75 Å². The highest BCUT2D eigenvalue weighted by Gasteiger charge is 2.36. The number of hydrogen-bond donors (Lipinski definition) is 1. The van der Waals surface area contributed by atoms with Crippen molar-refractivity contribution in [3.05, 3.63) is 29.8 Å². The summed E-state index contributed by atoms with van der Waals surface area (Å²) < 4.78 is 5.54. The zero-order chi connectivity index (χ0) is 11.5. The molecule has 0 amide bonds. The van der Waals surface area contributed by atoms with Crippen LogP contribution in [0, 0.1) is 5.92 Å². The number of benzene rings is 1. The predicted molar refractivity (Wildman–Crippen MR) is 64.8 cm³/mol. The molecule has 0 aliphatic heterocycles. The van der Waals surface area contributed by atoms with Crippen LogP contribution in [0.4, 0.5) is 0 Å². The number of hydrogen-bond acceptors (Lipinski definition) is 2. The number of rotatable bonds is 4. The van der Waals surface area contributed by atoms with Crippen LogP contribution in [0.1, 0.15) is 38.2 Å². The molecule has 88 valence electrons. The first-order valence-electron chi connectivity index (χ1n) is 6.13. The maximum absolute atomic E-state index is 9.49. The van der Waals surface area contributed by atoms with E-state index in [4.69, 9.17) is 4.74 Å². The molecule has 2 heteroatoms. The molecule has 1 aliphatic rings. The standard InChI is InChI=1S/C14H20O2/c1-3-8-16-12-6-4-11(5-7-12)13-9-14(15)10(13)2/h4-7,10,13-15H,3,8-9H2,1-2H3. The predicted octanol–water partition coefficient (Wildman–Crippen LogP) is 2.96. The average Bonchev–Trinajstić information content (AvgIpc) is 2.34. The number of aliphatic hydroxyl groups excluding tert-OH is 1. The maximum atomic E-state index is 9.49. The van der Waals surface area contributed by atoms with Crippen molar-refractivity contribution in [1.29, 1.82) is 0 Å². The summed E-state index contributed by atoms with van der Waals surface area (Å²) in [5, 5.41) is 9.49. The lowest BCUT2D eigenvalue weighted by molar-refractivity contribution is 0.0117. The minimum absolute atomic E-state index is 0.110. The van der Waals surface area contributed by atoms with Crippen molar-refractivity contribution >= 4 is 0 Å². The molecule has 0 heterocycles. The van der Waals surface area contributed by atoms with Crippen LogP contribution in [0.5, 0.6) is 5.75 Å². The Hall–Kier alpha value is -1.02. The van der Waals surface area contributed by atoms with Gasteiger partial charge in [-0.2, -0.15) is 0 Å². The van der Waals surface area contributed by atoms with E-state index < -0.39 is 0 Å². The summed E-state index contributed by atoms with van der Waals surface area (Å²) in [5.74, 6) is 1.86. The van der Waals surface area contributed by atoms with E-state index in [0.717, 1.165) is 25.2 Å². The van der Waals surface area contributed by atoms with Crippen molar-refractivity contribution in [2.45, 2.75) is 38.7 Å². The van der Waals surface area contributed by atoms with Gasteiger partial charge in [0.15, 0.2) is 0 Å². The van der Waals surface area contributed by atoms with E-state index in [2.05, 4.69) is 26.0 Å². The van der Waals surface area contributed by atoms with Crippen LogP contribution in [-0.4, -0.2) is 17.8 Å². The first-order valence-corrected chi connectivity index (χ1v) is 6.13. The lowest BCUT2D eigenvalue weighted by Crippen LogP contribution is -2.37. The fourth-order valence-corrected chi connectivity index (χ4v) is 2.23. The number of aliphatic hydroxyl groups is 1. The Bertz CT molecular complexity index is 331. The minimum atomic E-state index is -0.110. The minimum Gasteiger partial charge on any atom is -0.494 e. The van der Waals surface area contributed by atoms with Crippen molar-refractivity contribution < 1.29 is 9.84 Å². The molecule has 0 aromatic heterocycles. The molecule has 1 aromatic carbocycles. The first-order chi connectivity index (χ1) is 7.72. The van der Waals surface area contributed by atoms with Crippen LogP contribution in [-0.2, 0) is 0 Å². The Kier molecular flexibility index (Phi) is 3.49. The summed E-state index contributed by atoms with van der Waals surface area (Å²) in [7, 11) is 0. The van der Waals surface area contributed by atoms with Crippen LogP contribution in [0.3, 0.4) is 0 Å². The van der Waals surface area contributed by atoms with Gasteiger partial charge in [0.2, 0.25) is 0 Å². The normalized spacial score (nSPS) is 28.6. The van der Waals surface area contributed by atoms with Crippen LogP contribution in [0.25, 0.3) is 0 Å². The van der Waals surface area contributed by atoms with Gasteiger partial charge in [-0.3, -0.25) is 0 Å². The molecule has 0 bridgehead atoms. The van der Waals surface area contributed by atoms with Crippen molar-refractivity contribution in [3.63, 3.8) is 0 Å². The van der Waals surface area contributed by atoms with Gasteiger partial charge >= 0.3 is 0 Å². The highest BCUT2D eigenvalue weighted by atomic mass is 16.5. The van der Waals surface area contributed by atoms with Crippen molar-refractivity contribution in [2.75, 3.05) is 6.61 Å². The summed E-state index contributed by atoms with van der Waals surface area (Å²) >= 11 is 0. The molecule has 1 fully saturated rings. The van der Waals surface area contributed by atoms with Gasteiger partial charge in [-0.15, -0.1) is 0 Å². The van der Waals surface area contributed by atoms with E-state index in [0.29, 0.717) is 11.8 Å². The molecular weight excluding hydrogens is 200 g/mol. The van der Waals surface area contributed by atoms with Crippen LogP contribution in [0.2, 0.25) is 0 Å². The highest BCUT2D eigenvalue weighted by Crippen LogP contribution is 2.42. The van der Waals surface area contributed by atoms with E-state index in [9.17, 15) is 5.11 Å². The van der Waals surface area contributed by atoms with Crippen LogP contribution < -0.4 is 4.74 Å². The van der Waals surface area contributed by atoms with E-state index >= 15 is 0 Å². The zero-order valence-corrected chi connectivity index (χ0v) is 10.0. The third-order valence-corrected chi connectivity index (χ3v) is 3.52. The molecule has 0 radical (unpaired) electrons. The van der Waals surface area contributed by atoms with Gasteiger partial charge in [-0.1, -0.05) is 26.0 Å². The SMILES string of the molecule is CCCOc1ccc(C2CC(O)C2C)cc1. The highest BCUT2D eigenvalue weighted by molar-refractivity contribution is 5.31. The van der Waals surface area contributed by atoms with Gasteiger partial charge in [-0.25, -0.2) is 0 Å². The lowest BCUT2D eigenvalue weighted by Gasteiger charge is -2.39. The van der Waals surface area contributed by atoms with E-state index in [1.165, 1.54) is 5.56 Å². The molecule has 0 spiro atoms. The largest absolute Gasteiger partial charge is 0.494 e. The Morgan fingerprint density at radius 1 is 1.31 bits per heavy atom. The molecule has 2 nitrogen and oxygen atoms in total. The summed E-state index contributed by atoms with van der Waals surface area (Å²) in [6, 6.07) is 8.31. The second-order valence-electron chi connectivity index (χ2n) is 4.69. The number of ether oxygens (including phenoxy) is 1. The summed E-state index contributed by atoms with van der Waals surface area (Å²) in [6.07, 6.45) is 1.82. The van der Waals surface area contributed by atoms with Crippen LogP contribution >= 0.6 is 0 Å². The van der Waals surface area contributed by atoms with E-state index in [-0.39, 0.29) is 6.10 Å². The van der Waals surface area contributed by atoms with Crippen molar-refractivity contribution in [2.24, 2.45) is 5.92 Å². The fourth-order valence-electron chi connectivity index (χ4n) is 2.23.